The van der Waals surface area contributed by atoms with Crippen molar-refractivity contribution in [3.05, 3.63) is 64.7 Å². The summed E-state index contributed by atoms with van der Waals surface area (Å²) in [6, 6.07) is 13.6. The summed E-state index contributed by atoms with van der Waals surface area (Å²) in [5.41, 5.74) is 4.19. The van der Waals surface area contributed by atoms with E-state index in [0.29, 0.717) is 6.61 Å². The Hall–Kier alpha value is -1.84. The minimum atomic E-state index is -0.315. The molecule has 0 amide bonds. The summed E-state index contributed by atoms with van der Waals surface area (Å²) in [6.45, 7) is 0.571. The van der Waals surface area contributed by atoms with Gasteiger partial charge in [-0.05, 0) is 47.2 Å². The molecule has 0 heterocycles. The number of rotatable bonds is 4. The lowest BCUT2D eigenvalue weighted by molar-refractivity contribution is 0.180. The maximum atomic E-state index is 9.77. The molecule has 20 heavy (non-hydrogen) atoms. The maximum absolute atomic E-state index is 9.77. The first-order valence-electron chi connectivity index (χ1n) is 6.88. The van der Waals surface area contributed by atoms with Gasteiger partial charge in [0, 0.05) is 0 Å². The van der Waals surface area contributed by atoms with Crippen molar-refractivity contribution in [2.75, 3.05) is 0 Å². The molecule has 1 aliphatic carbocycles. The van der Waals surface area contributed by atoms with Crippen LogP contribution in [0.1, 0.15) is 34.8 Å². The van der Waals surface area contributed by atoms with Crippen molar-refractivity contribution < 1.29 is 14.9 Å². The van der Waals surface area contributed by atoms with Crippen LogP contribution >= 0.6 is 0 Å². The SMILES string of the molecule is OCc1ccc(COc2ccc3c(c2)CCC3O)cc1. The zero-order valence-corrected chi connectivity index (χ0v) is 11.2. The van der Waals surface area contributed by atoms with Crippen LogP contribution in [0.5, 0.6) is 5.75 Å². The van der Waals surface area contributed by atoms with Crippen molar-refractivity contribution in [1.29, 1.82) is 0 Å². The number of aliphatic hydroxyl groups excluding tert-OH is 2. The molecular formula is C17H18O3. The van der Waals surface area contributed by atoms with Gasteiger partial charge in [0.05, 0.1) is 12.7 Å². The molecule has 0 saturated heterocycles. The van der Waals surface area contributed by atoms with Gasteiger partial charge in [0.1, 0.15) is 12.4 Å². The van der Waals surface area contributed by atoms with Crippen LogP contribution in [-0.2, 0) is 19.6 Å². The predicted octanol–water partition coefficient (Wildman–Crippen LogP) is 2.74. The van der Waals surface area contributed by atoms with Crippen LogP contribution in [0.3, 0.4) is 0 Å². The molecule has 104 valence electrons. The van der Waals surface area contributed by atoms with Gasteiger partial charge in [-0.1, -0.05) is 30.3 Å². The fraction of sp³-hybridized carbons (Fsp3) is 0.294. The molecule has 1 aliphatic rings. The van der Waals surface area contributed by atoms with Gasteiger partial charge in [-0.3, -0.25) is 0 Å². The predicted molar refractivity (Wildman–Crippen MR) is 76.4 cm³/mol. The molecule has 0 bridgehead atoms. The van der Waals surface area contributed by atoms with Crippen LogP contribution < -0.4 is 4.74 Å². The zero-order chi connectivity index (χ0) is 13.9. The van der Waals surface area contributed by atoms with Crippen molar-refractivity contribution in [3.8, 4) is 5.75 Å². The Morgan fingerprint density at radius 3 is 2.55 bits per heavy atom. The Bertz CT molecular complexity index is 590. The smallest absolute Gasteiger partial charge is 0.120 e. The molecule has 0 aromatic heterocycles. The Morgan fingerprint density at radius 2 is 1.80 bits per heavy atom. The normalized spacial score (nSPS) is 17.0. The third-order valence-corrected chi connectivity index (χ3v) is 3.77. The molecule has 2 N–H and O–H groups in total. The average Bonchev–Trinajstić information content (AvgIpc) is 2.87. The van der Waals surface area contributed by atoms with Gasteiger partial charge >= 0.3 is 0 Å². The van der Waals surface area contributed by atoms with E-state index in [1.165, 1.54) is 5.56 Å². The van der Waals surface area contributed by atoms with Crippen LogP contribution in [0, 0.1) is 0 Å². The minimum Gasteiger partial charge on any atom is -0.489 e. The highest BCUT2D eigenvalue weighted by molar-refractivity contribution is 5.40. The summed E-state index contributed by atoms with van der Waals surface area (Å²) < 4.78 is 5.78. The first kappa shape index (κ1) is 13.2. The molecule has 0 fully saturated rings. The van der Waals surface area contributed by atoms with Crippen LogP contribution in [0.4, 0.5) is 0 Å². The van der Waals surface area contributed by atoms with Gasteiger partial charge in [0.25, 0.3) is 0 Å². The molecule has 2 aromatic carbocycles. The van der Waals surface area contributed by atoms with E-state index >= 15 is 0 Å². The summed E-state index contributed by atoms with van der Waals surface area (Å²) in [5.74, 6) is 0.837. The van der Waals surface area contributed by atoms with Crippen molar-refractivity contribution in [1.82, 2.24) is 0 Å². The first-order chi connectivity index (χ1) is 9.76. The number of aryl methyl sites for hydroxylation is 1. The van der Waals surface area contributed by atoms with Gasteiger partial charge in [-0.25, -0.2) is 0 Å². The van der Waals surface area contributed by atoms with Gasteiger partial charge in [-0.2, -0.15) is 0 Å². The molecule has 2 aromatic rings. The summed E-state index contributed by atoms with van der Waals surface area (Å²) in [4.78, 5) is 0. The second-order valence-corrected chi connectivity index (χ2v) is 5.18. The number of hydrogen-bond donors (Lipinski definition) is 2. The van der Waals surface area contributed by atoms with Crippen LogP contribution in [-0.4, -0.2) is 10.2 Å². The number of fused-ring (bicyclic) bond motifs is 1. The fourth-order valence-corrected chi connectivity index (χ4v) is 2.57. The lowest BCUT2D eigenvalue weighted by Crippen LogP contribution is -1.97. The number of benzene rings is 2. The highest BCUT2D eigenvalue weighted by Gasteiger charge is 2.20. The molecule has 0 radical (unpaired) electrons. The number of hydrogen-bond acceptors (Lipinski definition) is 3. The van der Waals surface area contributed by atoms with Crippen LogP contribution in [0.2, 0.25) is 0 Å². The standard InChI is InChI=1S/C17H18O3/c18-10-12-1-3-13(4-2-12)11-20-15-6-7-16-14(9-15)5-8-17(16)19/h1-4,6-7,9,17-19H,5,8,10-11H2. The Kier molecular flexibility index (Phi) is 3.72. The van der Waals surface area contributed by atoms with Gasteiger partial charge < -0.3 is 14.9 Å². The van der Waals surface area contributed by atoms with Crippen LogP contribution in [0.25, 0.3) is 0 Å². The van der Waals surface area contributed by atoms with Crippen molar-refractivity contribution in [2.45, 2.75) is 32.2 Å². The van der Waals surface area contributed by atoms with E-state index in [1.807, 2.05) is 42.5 Å². The average molecular weight is 270 g/mol. The Morgan fingerprint density at radius 1 is 1.05 bits per heavy atom. The van der Waals surface area contributed by atoms with Gasteiger partial charge in [0.2, 0.25) is 0 Å². The molecule has 3 rings (SSSR count). The summed E-state index contributed by atoms with van der Waals surface area (Å²) in [7, 11) is 0. The van der Waals surface area contributed by atoms with Gasteiger partial charge in [0.15, 0.2) is 0 Å². The van der Waals surface area contributed by atoms with Crippen molar-refractivity contribution in [3.63, 3.8) is 0 Å². The lowest BCUT2D eigenvalue weighted by Gasteiger charge is -2.09. The highest BCUT2D eigenvalue weighted by atomic mass is 16.5. The minimum absolute atomic E-state index is 0.0638. The third kappa shape index (κ3) is 2.69. The van der Waals surface area contributed by atoms with Gasteiger partial charge in [-0.15, -0.1) is 0 Å². The van der Waals surface area contributed by atoms with E-state index in [2.05, 4.69) is 0 Å². The number of ether oxygens (including phenoxy) is 1. The van der Waals surface area contributed by atoms with E-state index in [1.54, 1.807) is 0 Å². The van der Waals surface area contributed by atoms with Crippen molar-refractivity contribution in [2.24, 2.45) is 0 Å². The quantitative estimate of drug-likeness (QED) is 0.898. The molecular weight excluding hydrogens is 252 g/mol. The van der Waals surface area contributed by atoms with E-state index in [9.17, 15) is 5.11 Å². The molecule has 3 nitrogen and oxygen atoms in total. The molecule has 0 aliphatic heterocycles. The summed E-state index contributed by atoms with van der Waals surface area (Å²) in [5, 5.41) is 18.8. The molecule has 3 heteroatoms. The summed E-state index contributed by atoms with van der Waals surface area (Å²) >= 11 is 0. The Labute approximate surface area is 118 Å². The van der Waals surface area contributed by atoms with E-state index < -0.39 is 0 Å². The zero-order valence-electron chi connectivity index (χ0n) is 11.2. The van der Waals surface area contributed by atoms with E-state index in [0.717, 1.165) is 35.3 Å². The molecule has 1 unspecified atom stereocenters. The van der Waals surface area contributed by atoms with E-state index in [4.69, 9.17) is 9.84 Å². The van der Waals surface area contributed by atoms with Crippen molar-refractivity contribution >= 4 is 0 Å². The monoisotopic (exact) mass is 270 g/mol. The lowest BCUT2D eigenvalue weighted by atomic mass is 10.1. The fourth-order valence-electron chi connectivity index (χ4n) is 2.57. The Balaban J connectivity index is 1.66. The maximum Gasteiger partial charge on any atom is 0.120 e. The second kappa shape index (κ2) is 5.65. The van der Waals surface area contributed by atoms with Crippen LogP contribution in [0.15, 0.2) is 42.5 Å². The second-order valence-electron chi connectivity index (χ2n) is 5.18. The molecule has 0 saturated carbocycles. The largest absolute Gasteiger partial charge is 0.489 e. The highest BCUT2D eigenvalue weighted by Crippen LogP contribution is 2.33. The van der Waals surface area contributed by atoms with E-state index in [-0.39, 0.29) is 12.7 Å². The third-order valence-electron chi connectivity index (χ3n) is 3.77. The number of aliphatic hydroxyl groups is 2. The molecule has 1 atom stereocenters. The topological polar surface area (TPSA) is 49.7 Å². The first-order valence-corrected chi connectivity index (χ1v) is 6.88. The summed E-state index contributed by atoms with van der Waals surface area (Å²) in [6.07, 6.45) is 1.41. The molecule has 0 spiro atoms.